The fourth-order valence-electron chi connectivity index (χ4n) is 2.01. The van der Waals surface area contributed by atoms with E-state index >= 15 is 0 Å². The van der Waals surface area contributed by atoms with Crippen molar-refractivity contribution in [2.45, 2.75) is 44.6 Å². The summed E-state index contributed by atoms with van der Waals surface area (Å²) in [7, 11) is 2.07. The highest BCUT2D eigenvalue weighted by molar-refractivity contribution is 5.06. The molecule has 1 saturated carbocycles. The molecule has 15 heavy (non-hydrogen) atoms. The summed E-state index contributed by atoms with van der Waals surface area (Å²) in [5.41, 5.74) is 0.167. The lowest BCUT2D eigenvalue weighted by atomic mass is 9.88. The summed E-state index contributed by atoms with van der Waals surface area (Å²) in [6.45, 7) is 5.64. The Morgan fingerprint density at radius 3 is 2.80 bits per heavy atom. The van der Waals surface area contributed by atoms with Gasteiger partial charge in [0.05, 0.1) is 0 Å². The minimum Gasteiger partial charge on any atom is -0.338 e. The van der Waals surface area contributed by atoms with Crippen molar-refractivity contribution < 1.29 is 0 Å². The number of nitrogens with zero attached hydrogens (tertiary/aromatic N) is 2. The molecule has 3 nitrogen and oxygen atoms in total. The molecule has 1 N–H and O–H groups in total. The molecule has 3 heteroatoms. The van der Waals surface area contributed by atoms with Crippen LogP contribution in [0.4, 0.5) is 0 Å². The van der Waals surface area contributed by atoms with Gasteiger partial charge in [-0.15, -0.1) is 0 Å². The summed E-state index contributed by atoms with van der Waals surface area (Å²) in [5.74, 6) is 1.18. The van der Waals surface area contributed by atoms with E-state index in [1.165, 1.54) is 18.7 Å². The fourth-order valence-corrected chi connectivity index (χ4v) is 2.01. The van der Waals surface area contributed by atoms with E-state index in [4.69, 9.17) is 0 Å². The summed E-state index contributed by atoms with van der Waals surface area (Å²) >= 11 is 0. The lowest BCUT2D eigenvalue weighted by Gasteiger charge is -2.24. The Morgan fingerprint density at radius 1 is 1.53 bits per heavy atom. The Bertz CT molecular complexity index is 323. The van der Waals surface area contributed by atoms with Gasteiger partial charge < -0.3 is 9.88 Å². The van der Waals surface area contributed by atoms with Gasteiger partial charge in [0, 0.05) is 30.9 Å². The van der Waals surface area contributed by atoms with Crippen LogP contribution in [-0.2, 0) is 12.5 Å². The van der Waals surface area contributed by atoms with E-state index in [-0.39, 0.29) is 5.41 Å². The second-order valence-electron chi connectivity index (χ2n) is 5.22. The van der Waals surface area contributed by atoms with Gasteiger partial charge in [-0.2, -0.15) is 0 Å². The van der Waals surface area contributed by atoms with Gasteiger partial charge in [-0.05, 0) is 25.8 Å². The zero-order valence-electron chi connectivity index (χ0n) is 9.95. The van der Waals surface area contributed by atoms with E-state index in [1.807, 2.05) is 12.4 Å². The van der Waals surface area contributed by atoms with Crippen LogP contribution in [0.25, 0.3) is 0 Å². The van der Waals surface area contributed by atoms with Crippen molar-refractivity contribution >= 4 is 0 Å². The average molecular weight is 207 g/mol. The van der Waals surface area contributed by atoms with Gasteiger partial charge >= 0.3 is 0 Å². The van der Waals surface area contributed by atoms with E-state index in [9.17, 15) is 0 Å². The van der Waals surface area contributed by atoms with Gasteiger partial charge in [-0.3, -0.25) is 0 Å². The zero-order valence-corrected chi connectivity index (χ0v) is 9.95. The first-order chi connectivity index (χ1) is 7.09. The van der Waals surface area contributed by atoms with Crippen LogP contribution in [0.15, 0.2) is 12.4 Å². The van der Waals surface area contributed by atoms with Crippen LogP contribution in [0, 0.1) is 0 Å². The average Bonchev–Trinajstić information content (AvgIpc) is 2.86. The van der Waals surface area contributed by atoms with Crippen LogP contribution in [0.1, 0.15) is 38.9 Å². The van der Waals surface area contributed by atoms with Gasteiger partial charge in [-0.1, -0.05) is 13.8 Å². The summed E-state index contributed by atoms with van der Waals surface area (Å²) in [5, 5.41) is 3.56. The molecule has 0 aliphatic heterocycles. The molecule has 1 aliphatic rings. The Kier molecular flexibility index (Phi) is 2.83. The Labute approximate surface area is 91.9 Å². The molecule has 0 radical (unpaired) electrons. The van der Waals surface area contributed by atoms with E-state index in [2.05, 4.69) is 35.8 Å². The minimum absolute atomic E-state index is 0.167. The molecule has 2 rings (SSSR count). The van der Waals surface area contributed by atoms with E-state index in [0.29, 0.717) is 0 Å². The van der Waals surface area contributed by atoms with Crippen LogP contribution in [0.2, 0.25) is 0 Å². The molecule has 1 heterocycles. The van der Waals surface area contributed by atoms with Crippen molar-refractivity contribution in [3.8, 4) is 0 Å². The lowest BCUT2D eigenvalue weighted by Crippen LogP contribution is -2.28. The van der Waals surface area contributed by atoms with E-state index in [0.717, 1.165) is 19.0 Å². The molecule has 1 aliphatic carbocycles. The maximum Gasteiger partial charge on any atom is 0.114 e. The van der Waals surface area contributed by atoms with Gasteiger partial charge in [0.1, 0.15) is 5.82 Å². The maximum atomic E-state index is 4.44. The van der Waals surface area contributed by atoms with E-state index in [1.54, 1.807) is 0 Å². The number of imidazole rings is 1. The molecule has 0 saturated heterocycles. The quantitative estimate of drug-likeness (QED) is 0.798. The zero-order chi connectivity index (χ0) is 10.9. The maximum absolute atomic E-state index is 4.44. The highest BCUT2D eigenvalue weighted by Gasteiger charge is 2.26. The molecule has 84 valence electrons. The van der Waals surface area contributed by atoms with Crippen molar-refractivity contribution in [1.82, 2.24) is 14.9 Å². The highest BCUT2D eigenvalue weighted by atomic mass is 15.0. The topological polar surface area (TPSA) is 29.9 Å². The van der Waals surface area contributed by atoms with E-state index < -0.39 is 0 Å². The predicted octanol–water partition coefficient (Wildman–Crippen LogP) is 1.84. The Hall–Kier alpha value is -0.830. The number of hydrogen-bond donors (Lipinski definition) is 1. The Balaban J connectivity index is 1.90. The van der Waals surface area contributed by atoms with Crippen LogP contribution < -0.4 is 5.32 Å². The molecule has 1 aromatic rings. The van der Waals surface area contributed by atoms with Crippen LogP contribution in [-0.4, -0.2) is 22.1 Å². The van der Waals surface area contributed by atoms with Crippen molar-refractivity contribution in [2.24, 2.45) is 7.05 Å². The first kappa shape index (κ1) is 10.7. The Morgan fingerprint density at radius 2 is 2.27 bits per heavy atom. The largest absolute Gasteiger partial charge is 0.338 e. The van der Waals surface area contributed by atoms with Crippen molar-refractivity contribution in [3.63, 3.8) is 0 Å². The second kappa shape index (κ2) is 3.97. The molecule has 0 spiro atoms. The van der Waals surface area contributed by atoms with Gasteiger partial charge in [0.15, 0.2) is 0 Å². The number of aryl methyl sites for hydroxylation is 1. The van der Waals surface area contributed by atoms with Gasteiger partial charge in [-0.25, -0.2) is 4.98 Å². The SMILES string of the molecule is Cn1ccnc1C(C)(C)CCNC1CC1. The smallest absolute Gasteiger partial charge is 0.114 e. The van der Waals surface area contributed by atoms with Crippen LogP contribution in [0.5, 0.6) is 0 Å². The van der Waals surface area contributed by atoms with Gasteiger partial charge in [0.25, 0.3) is 0 Å². The summed E-state index contributed by atoms with van der Waals surface area (Å²) in [6, 6.07) is 0.808. The third-order valence-electron chi connectivity index (χ3n) is 3.19. The monoisotopic (exact) mass is 207 g/mol. The van der Waals surface area contributed by atoms with Crippen molar-refractivity contribution in [3.05, 3.63) is 18.2 Å². The molecule has 1 fully saturated rings. The summed E-state index contributed by atoms with van der Waals surface area (Å²) in [6.07, 6.45) is 7.77. The van der Waals surface area contributed by atoms with Crippen LogP contribution >= 0.6 is 0 Å². The molecule has 0 bridgehead atoms. The summed E-state index contributed by atoms with van der Waals surface area (Å²) < 4.78 is 2.12. The molecule has 0 atom stereocenters. The highest BCUT2D eigenvalue weighted by Crippen LogP contribution is 2.25. The number of nitrogens with one attached hydrogen (secondary N) is 1. The molecule has 0 unspecified atom stereocenters. The third-order valence-corrected chi connectivity index (χ3v) is 3.19. The molecular weight excluding hydrogens is 186 g/mol. The normalized spacial score (nSPS) is 17.0. The number of hydrogen-bond acceptors (Lipinski definition) is 2. The third kappa shape index (κ3) is 2.59. The molecule has 0 aromatic carbocycles. The first-order valence-electron chi connectivity index (χ1n) is 5.81. The predicted molar refractivity (Wildman–Crippen MR) is 61.9 cm³/mol. The summed E-state index contributed by atoms with van der Waals surface area (Å²) in [4.78, 5) is 4.44. The molecular formula is C12H21N3. The van der Waals surface area contributed by atoms with Gasteiger partial charge in [0.2, 0.25) is 0 Å². The molecule has 0 amide bonds. The fraction of sp³-hybridized carbons (Fsp3) is 0.750. The number of aromatic nitrogens is 2. The minimum atomic E-state index is 0.167. The standard InChI is InChI=1S/C12H21N3/c1-12(2,6-7-13-10-4-5-10)11-14-8-9-15(11)3/h8-10,13H,4-7H2,1-3H3. The number of rotatable bonds is 5. The second-order valence-corrected chi connectivity index (χ2v) is 5.22. The van der Waals surface area contributed by atoms with Crippen molar-refractivity contribution in [2.75, 3.05) is 6.54 Å². The van der Waals surface area contributed by atoms with Crippen LogP contribution in [0.3, 0.4) is 0 Å². The lowest BCUT2D eigenvalue weighted by molar-refractivity contribution is 0.420. The first-order valence-corrected chi connectivity index (χ1v) is 5.81. The van der Waals surface area contributed by atoms with Crippen molar-refractivity contribution in [1.29, 1.82) is 0 Å². The molecule has 1 aromatic heterocycles.